The minimum Gasteiger partial charge on any atom is -0.475 e. The number of likely N-dealkylation sites (tertiary alicyclic amines) is 1. The number of aliphatic hydroxyl groups excluding tert-OH is 1. The van der Waals surface area contributed by atoms with Gasteiger partial charge in [-0.25, -0.2) is 4.79 Å². The fourth-order valence-corrected chi connectivity index (χ4v) is 4.13. The molecule has 2 aliphatic carbocycles. The number of fused-ring (bicyclic) bond motifs is 1. The molecule has 152 valence electrons. The number of rotatable bonds is 3. The van der Waals surface area contributed by atoms with Crippen molar-refractivity contribution in [2.24, 2.45) is 17.1 Å². The van der Waals surface area contributed by atoms with E-state index in [4.69, 9.17) is 15.6 Å². The van der Waals surface area contributed by atoms with Crippen molar-refractivity contribution in [3.63, 3.8) is 0 Å². The van der Waals surface area contributed by atoms with E-state index in [0.717, 1.165) is 44.9 Å². The topological polar surface area (TPSA) is 128 Å². The van der Waals surface area contributed by atoms with Crippen LogP contribution in [0.2, 0.25) is 0 Å². The number of hydrogen-bond donors (Lipinski definition) is 3. The SMILES string of the molecule is N#C[C@@H]1C[C@@H]2C[C@@H]2N1C(=O)[C@@H](N)C1(CO)CCCCC1.O=C(O)C(F)(F)F. The molecular formula is C17H24F3N3O4. The molecule has 1 aliphatic heterocycles. The number of nitrogens with zero attached hydrogens (tertiary/aromatic N) is 2. The van der Waals surface area contributed by atoms with Crippen LogP contribution in [0.25, 0.3) is 0 Å². The molecule has 0 aromatic carbocycles. The molecule has 0 spiro atoms. The molecule has 3 aliphatic rings. The van der Waals surface area contributed by atoms with Crippen molar-refractivity contribution in [1.82, 2.24) is 4.90 Å². The van der Waals surface area contributed by atoms with Crippen LogP contribution in [-0.4, -0.2) is 57.9 Å². The number of carboxylic acid groups (broad SMARTS) is 1. The van der Waals surface area contributed by atoms with Crippen LogP contribution in [0, 0.1) is 22.7 Å². The smallest absolute Gasteiger partial charge is 0.475 e. The summed E-state index contributed by atoms with van der Waals surface area (Å²) in [4.78, 5) is 23.4. The van der Waals surface area contributed by atoms with E-state index in [-0.39, 0.29) is 24.6 Å². The fraction of sp³-hybridized carbons (Fsp3) is 0.824. The summed E-state index contributed by atoms with van der Waals surface area (Å²) in [6.07, 6.45) is 1.56. The van der Waals surface area contributed by atoms with Gasteiger partial charge in [-0.2, -0.15) is 18.4 Å². The predicted octanol–water partition coefficient (Wildman–Crippen LogP) is 1.40. The van der Waals surface area contributed by atoms with Crippen LogP contribution in [0.1, 0.15) is 44.9 Å². The first-order valence-corrected chi connectivity index (χ1v) is 8.95. The van der Waals surface area contributed by atoms with Crippen LogP contribution in [0.4, 0.5) is 13.2 Å². The first-order valence-electron chi connectivity index (χ1n) is 8.95. The van der Waals surface area contributed by atoms with Gasteiger partial charge in [0.1, 0.15) is 6.04 Å². The van der Waals surface area contributed by atoms with E-state index in [1.165, 1.54) is 0 Å². The third kappa shape index (κ3) is 4.52. The number of hydrogen-bond acceptors (Lipinski definition) is 5. The van der Waals surface area contributed by atoms with E-state index < -0.39 is 23.6 Å². The average molecular weight is 391 g/mol. The molecule has 0 aromatic rings. The lowest BCUT2D eigenvalue weighted by Gasteiger charge is -2.41. The van der Waals surface area contributed by atoms with Crippen molar-refractivity contribution >= 4 is 11.9 Å². The summed E-state index contributed by atoms with van der Waals surface area (Å²) in [7, 11) is 0. The van der Waals surface area contributed by atoms with Crippen molar-refractivity contribution in [2.75, 3.05) is 6.61 Å². The lowest BCUT2D eigenvalue weighted by Crippen LogP contribution is -2.57. The van der Waals surface area contributed by atoms with Gasteiger partial charge in [-0.15, -0.1) is 0 Å². The first kappa shape index (κ1) is 21.4. The molecule has 3 rings (SSSR count). The van der Waals surface area contributed by atoms with Crippen molar-refractivity contribution < 1.29 is 33.0 Å². The number of halogens is 3. The Hall–Kier alpha value is -1.86. The van der Waals surface area contributed by atoms with Crippen molar-refractivity contribution in [3.05, 3.63) is 0 Å². The van der Waals surface area contributed by atoms with E-state index in [1.54, 1.807) is 4.90 Å². The van der Waals surface area contributed by atoms with Gasteiger partial charge in [-0.3, -0.25) is 4.79 Å². The molecule has 7 nitrogen and oxygen atoms in total. The van der Waals surface area contributed by atoms with Crippen molar-refractivity contribution in [3.8, 4) is 6.07 Å². The summed E-state index contributed by atoms with van der Waals surface area (Å²) < 4.78 is 31.7. The number of aliphatic carboxylic acids is 1. The Bertz CT molecular complexity index is 614. The van der Waals surface area contributed by atoms with Crippen LogP contribution in [-0.2, 0) is 9.59 Å². The number of amides is 1. The Morgan fingerprint density at radius 2 is 1.81 bits per heavy atom. The molecule has 2 saturated carbocycles. The van der Waals surface area contributed by atoms with Gasteiger partial charge < -0.3 is 20.8 Å². The molecule has 10 heteroatoms. The zero-order valence-corrected chi connectivity index (χ0v) is 14.8. The highest BCUT2D eigenvalue weighted by Crippen LogP contribution is 2.49. The van der Waals surface area contributed by atoms with Crippen molar-refractivity contribution in [2.45, 2.75) is 69.2 Å². The lowest BCUT2D eigenvalue weighted by molar-refractivity contribution is -0.192. The maximum atomic E-state index is 12.8. The Labute approximate surface area is 154 Å². The van der Waals surface area contributed by atoms with Crippen LogP contribution in [0.15, 0.2) is 0 Å². The summed E-state index contributed by atoms with van der Waals surface area (Å²) in [6.45, 7) is -0.0287. The molecule has 1 heterocycles. The van der Waals surface area contributed by atoms with Gasteiger partial charge in [0.05, 0.1) is 18.7 Å². The Morgan fingerprint density at radius 1 is 1.26 bits per heavy atom. The Morgan fingerprint density at radius 3 is 2.26 bits per heavy atom. The zero-order chi connectivity index (χ0) is 20.4. The van der Waals surface area contributed by atoms with Gasteiger partial charge in [0.25, 0.3) is 0 Å². The fourth-order valence-electron chi connectivity index (χ4n) is 4.13. The monoisotopic (exact) mass is 391 g/mol. The molecule has 1 amide bonds. The molecule has 27 heavy (non-hydrogen) atoms. The molecule has 1 saturated heterocycles. The standard InChI is InChI=1S/C15H23N3O2.C2HF3O2/c16-8-11-6-10-7-12(10)18(11)14(20)13(17)15(9-19)4-2-1-3-5-15;3-2(4,5)1(6)7/h10-13,19H,1-7,9,17H2;(H,6,7)/t10-,11+,12+,13-;/m1./s1. The van der Waals surface area contributed by atoms with Gasteiger partial charge in [0.2, 0.25) is 5.91 Å². The maximum absolute atomic E-state index is 12.8. The molecule has 0 unspecified atom stereocenters. The van der Waals surface area contributed by atoms with Crippen LogP contribution in [0.3, 0.4) is 0 Å². The normalized spacial score (nSPS) is 29.6. The molecule has 0 aromatic heterocycles. The number of piperidine rings is 1. The third-order valence-corrected chi connectivity index (χ3v) is 5.84. The number of carbonyl (C=O) groups is 2. The van der Waals surface area contributed by atoms with E-state index in [9.17, 15) is 28.3 Å². The number of carboxylic acids is 1. The van der Waals surface area contributed by atoms with Crippen LogP contribution < -0.4 is 5.73 Å². The molecule has 0 bridgehead atoms. The Balaban J connectivity index is 0.000000321. The maximum Gasteiger partial charge on any atom is 0.490 e. The van der Waals surface area contributed by atoms with Gasteiger partial charge >= 0.3 is 12.1 Å². The predicted molar refractivity (Wildman–Crippen MR) is 87.0 cm³/mol. The van der Waals surface area contributed by atoms with Crippen molar-refractivity contribution in [1.29, 1.82) is 5.26 Å². The quantitative estimate of drug-likeness (QED) is 0.667. The first-order chi connectivity index (χ1) is 12.6. The zero-order valence-electron chi connectivity index (χ0n) is 14.8. The molecule has 0 radical (unpaired) electrons. The van der Waals surface area contributed by atoms with Gasteiger partial charge in [-0.05, 0) is 31.6 Å². The van der Waals surface area contributed by atoms with Crippen LogP contribution >= 0.6 is 0 Å². The molecule has 4 atom stereocenters. The highest BCUT2D eigenvalue weighted by Gasteiger charge is 2.56. The number of nitrogens with two attached hydrogens (primary N) is 1. The van der Waals surface area contributed by atoms with Gasteiger partial charge in [-0.1, -0.05) is 19.3 Å². The van der Waals surface area contributed by atoms with E-state index in [0.29, 0.717) is 5.92 Å². The van der Waals surface area contributed by atoms with Gasteiger partial charge in [0.15, 0.2) is 0 Å². The molecular weight excluding hydrogens is 367 g/mol. The largest absolute Gasteiger partial charge is 0.490 e. The molecule has 4 N–H and O–H groups in total. The third-order valence-electron chi connectivity index (χ3n) is 5.84. The summed E-state index contributed by atoms with van der Waals surface area (Å²) in [5, 5.41) is 26.1. The summed E-state index contributed by atoms with van der Waals surface area (Å²) in [5.41, 5.74) is 5.78. The van der Waals surface area contributed by atoms with E-state index in [2.05, 4.69) is 6.07 Å². The minimum absolute atomic E-state index is 0.0287. The second-order valence-corrected chi connectivity index (χ2v) is 7.55. The Kier molecular flexibility index (Phi) is 6.37. The molecule has 3 fully saturated rings. The summed E-state index contributed by atoms with van der Waals surface area (Å²) in [6, 6.07) is 1.49. The highest BCUT2D eigenvalue weighted by molar-refractivity contribution is 5.84. The number of aliphatic hydroxyl groups is 1. The number of alkyl halides is 3. The van der Waals surface area contributed by atoms with E-state index >= 15 is 0 Å². The summed E-state index contributed by atoms with van der Waals surface area (Å²) in [5.74, 6) is -2.36. The van der Waals surface area contributed by atoms with E-state index in [1.807, 2.05) is 0 Å². The summed E-state index contributed by atoms with van der Waals surface area (Å²) >= 11 is 0. The minimum atomic E-state index is -5.08. The average Bonchev–Trinajstić information content (AvgIpc) is 3.30. The number of nitriles is 1. The van der Waals surface area contributed by atoms with Gasteiger partial charge in [0, 0.05) is 11.5 Å². The van der Waals surface area contributed by atoms with Crippen LogP contribution in [0.5, 0.6) is 0 Å². The second kappa shape index (κ2) is 8.02. The lowest BCUT2D eigenvalue weighted by atomic mass is 9.69. The highest BCUT2D eigenvalue weighted by atomic mass is 19.4. The number of carbonyl (C=O) groups excluding carboxylic acids is 1. The second-order valence-electron chi connectivity index (χ2n) is 7.55.